The van der Waals surface area contributed by atoms with Crippen molar-refractivity contribution in [2.45, 2.75) is 33.2 Å². The molecule has 0 aromatic carbocycles. The Morgan fingerprint density at radius 3 is 2.79 bits per heavy atom. The van der Waals surface area contributed by atoms with Gasteiger partial charge >= 0.3 is 5.69 Å². The molecule has 5 nitrogen and oxygen atoms in total. The maximum Gasteiger partial charge on any atom is 0.330 e. The number of H-pyrrole nitrogens is 1. The first-order chi connectivity index (χ1) is 8.95. The van der Waals surface area contributed by atoms with Crippen LogP contribution < -0.4 is 11.2 Å². The molecule has 0 fully saturated rings. The Kier molecular flexibility index (Phi) is 3.91. The maximum atomic E-state index is 12.1. The van der Waals surface area contributed by atoms with Crippen LogP contribution in [0.4, 0.5) is 0 Å². The molecule has 2 heterocycles. The summed E-state index contributed by atoms with van der Waals surface area (Å²) in [6.07, 6.45) is 2.66. The first kappa shape index (κ1) is 14.0. The molecular weight excluding hydrogens is 286 g/mol. The summed E-state index contributed by atoms with van der Waals surface area (Å²) in [6, 6.07) is -0.405. The van der Waals surface area contributed by atoms with Crippen LogP contribution in [0.3, 0.4) is 0 Å². The largest absolute Gasteiger partial charge is 0.330 e. The fraction of sp³-hybridized carbons (Fsp3) is 0.417. The highest BCUT2D eigenvalue weighted by molar-refractivity contribution is 7.11. The van der Waals surface area contributed by atoms with Crippen molar-refractivity contribution in [3.05, 3.63) is 47.6 Å². The van der Waals surface area contributed by atoms with Crippen molar-refractivity contribution < 1.29 is 0 Å². The minimum absolute atomic E-state index is 0.0897. The zero-order valence-electron chi connectivity index (χ0n) is 10.9. The second-order valence-corrected chi connectivity index (χ2v) is 5.76. The van der Waals surface area contributed by atoms with Crippen molar-refractivity contribution in [3.63, 3.8) is 0 Å². The molecule has 2 rings (SSSR count). The highest BCUT2D eigenvalue weighted by Gasteiger charge is 2.18. The topological polar surface area (TPSA) is 67.8 Å². The van der Waals surface area contributed by atoms with Crippen molar-refractivity contribution in [3.8, 4) is 0 Å². The third kappa shape index (κ3) is 2.50. The third-order valence-corrected chi connectivity index (χ3v) is 4.66. The predicted molar refractivity (Wildman–Crippen MR) is 76.4 cm³/mol. The molecular formula is C12H14ClN3O2S. The number of hydrogen-bond donors (Lipinski definition) is 1. The van der Waals surface area contributed by atoms with Gasteiger partial charge in [0, 0.05) is 16.6 Å². The van der Waals surface area contributed by atoms with E-state index in [1.165, 1.54) is 11.3 Å². The first-order valence-electron chi connectivity index (χ1n) is 5.91. The molecule has 0 radical (unpaired) electrons. The lowest BCUT2D eigenvalue weighted by molar-refractivity contribution is 0.571. The van der Waals surface area contributed by atoms with E-state index in [0.29, 0.717) is 5.56 Å². The zero-order valence-corrected chi connectivity index (χ0v) is 12.4. The molecule has 1 unspecified atom stereocenters. The number of hydrogen-bond acceptors (Lipinski definition) is 4. The number of thiazole rings is 1. The van der Waals surface area contributed by atoms with Crippen LogP contribution in [-0.4, -0.2) is 14.5 Å². The molecule has 0 saturated carbocycles. The maximum absolute atomic E-state index is 12.1. The van der Waals surface area contributed by atoms with E-state index in [4.69, 9.17) is 11.6 Å². The van der Waals surface area contributed by atoms with Crippen LogP contribution in [0.15, 0.2) is 15.8 Å². The van der Waals surface area contributed by atoms with E-state index in [-0.39, 0.29) is 10.7 Å². The van der Waals surface area contributed by atoms with Crippen molar-refractivity contribution >= 4 is 22.9 Å². The van der Waals surface area contributed by atoms with Gasteiger partial charge in [-0.05, 0) is 20.3 Å². The normalized spacial score (nSPS) is 12.6. The Morgan fingerprint density at radius 2 is 2.21 bits per heavy atom. The average Bonchev–Trinajstić information content (AvgIpc) is 2.84. The van der Waals surface area contributed by atoms with E-state index in [1.807, 2.05) is 6.92 Å². The smallest absolute Gasteiger partial charge is 0.297 e. The molecule has 0 aliphatic rings. The van der Waals surface area contributed by atoms with E-state index in [1.54, 1.807) is 20.0 Å². The molecule has 102 valence electrons. The summed E-state index contributed by atoms with van der Waals surface area (Å²) in [5.41, 5.74) is -0.559. The van der Waals surface area contributed by atoms with Gasteiger partial charge < -0.3 is 0 Å². The molecule has 0 amide bonds. The molecule has 0 saturated heterocycles. The fourth-order valence-corrected chi connectivity index (χ4v) is 2.82. The van der Waals surface area contributed by atoms with Gasteiger partial charge in [0.05, 0.1) is 6.04 Å². The molecule has 0 spiro atoms. The number of rotatable bonds is 3. The van der Waals surface area contributed by atoms with Gasteiger partial charge in [0.2, 0.25) is 0 Å². The first-order valence-corrected chi connectivity index (χ1v) is 7.10. The Hall–Kier alpha value is -1.40. The number of halogens is 1. The van der Waals surface area contributed by atoms with E-state index in [0.717, 1.165) is 20.9 Å². The molecule has 0 bridgehead atoms. The van der Waals surface area contributed by atoms with Crippen LogP contribution in [-0.2, 0) is 6.42 Å². The van der Waals surface area contributed by atoms with Crippen LogP contribution in [0.25, 0.3) is 0 Å². The molecule has 1 N–H and O–H groups in total. The standard InChI is InChI=1S/C12H14ClN3O2S/c1-4-8-5-14-10(19-8)7(3)16-11(17)6(2)9(13)15-12(16)18/h5,7H,4H2,1-3H3,(H,15,18). The quantitative estimate of drug-likeness (QED) is 0.883. The Balaban J connectivity index is 2.56. The Bertz CT molecular complexity index is 716. The minimum atomic E-state index is -0.513. The van der Waals surface area contributed by atoms with Gasteiger partial charge in [-0.1, -0.05) is 18.5 Å². The number of aryl methyl sites for hydroxylation is 1. The second kappa shape index (κ2) is 5.30. The molecule has 0 aliphatic carbocycles. The van der Waals surface area contributed by atoms with Crippen molar-refractivity contribution in [2.75, 3.05) is 0 Å². The molecule has 7 heteroatoms. The highest BCUT2D eigenvalue weighted by atomic mass is 35.5. The summed E-state index contributed by atoms with van der Waals surface area (Å²) >= 11 is 7.29. The van der Waals surface area contributed by atoms with Crippen LogP contribution >= 0.6 is 22.9 Å². The summed E-state index contributed by atoms with van der Waals surface area (Å²) < 4.78 is 1.15. The van der Waals surface area contributed by atoms with E-state index >= 15 is 0 Å². The van der Waals surface area contributed by atoms with Crippen LogP contribution in [0.5, 0.6) is 0 Å². The fourth-order valence-electron chi connectivity index (χ4n) is 1.76. The molecule has 1 atom stereocenters. The van der Waals surface area contributed by atoms with Crippen LogP contribution in [0.2, 0.25) is 5.15 Å². The van der Waals surface area contributed by atoms with E-state index in [2.05, 4.69) is 9.97 Å². The number of aromatic nitrogens is 3. The summed E-state index contributed by atoms with van der Waals surface area (Å²) in [5, 5.41) is 0.831. The van der Waals surface area contributed by atoms with E-state index < -0.39 is 11.7 Å². The van der Waals surface area contributed by atoms with Gasteiger partial charge in [0.25, 0.3) is 5.56 Å². The molecule has 2 aromatic rings. The van der Waals surface area contributed by atoms with Gasteiger partial charge in [-0.2, -0.15) is 0 Å². The second-order valence-electron chi connectivity index (χ2n) is 4.24. The predicted octanol–water partition coefficient (Wildman–Crippen LogP) is 2.13. The van der Waals surface area contributed by atoms with Crippen LogP contribution in [0.1, 0.15) is 35.3 Å². The van der Waals surface area contributed by atoms with Crippen molar-refractivity contribution in [2.24, 2.45) is 0 Å². The summed E-state index contributed by atoms with van der Waals surface area (Å²) in [6.45, 7) is 5.40. The third-order valence-electron chi connectivity index (χ3n) is 2.97. The lowest BCUT2D eigenvalue weighted by Crippen LogP contribution is -2.38. The molecule has 19 heavy (non-hydrogen) atoms. The van der Waals surface area contributed by atoms with E-state index in [9.17, 15) is 9.59 Å². The molecule has 0 aliphatic heterocycles. The van der Waals surface area contributed by atoms with Crippen LogP contribution in [0, 0.1) is 6.92 Å². The van der Waals surface area contributed by atoms with Gasteiger partial charge in [-0.3, -0.25) is 14.3 Å². The zero-order chi connectivity index (χ0) is 14.2. The van der Waals surface area contributed by atoms with Gasteiger partial charge in [-0.15, -0.1) is 11.3 Å². The number of nitrogens with zero attached hydrogens (tertiary/aromatic N) is 2. The summed E-state index contributed by atoms with van der Waals surface area (Å²) in [5.74, 6) is 0. The monoisotopic (exact) mass is 299 g/mol. The van der Waals surface area contributed by atoms with Gasteiger partial charge in [0.1, 0.15) is 10.2 Å². The number of nitrogens with one attached hydrogen (secondary N) is 1. The Labute approximate surface area is 118 Å². The SMILES string of the molecule is CCc1cnc(C(C)n2c(=O)[nH]c(Cl)c(C)c2=O)s1. The highest BCUT2D eigenvalue weighted by Crippen LogP contribution is 2.22. The average molecular weight is 300 g/mol. The van der Waals surface area contributed by atoms with Gasteiger partial charge in [-0.25, -0.2) is 9.78 Å². The lowest BCUT2D eigenvalue weighted by atomic mass is 10.3. The Morgan fingerprint density at radius 1 is 1.53 bits per heavy atom. The molecule has 2 aromatic heterocycles. The number of aromatic amines is 1. The van der Waals surface area contributed by atoms with Crippen molar-refractivity contribution in [1.29, 1.82) is 0 Å². The lowest BCUT2D eigenvalue weighted by Gasteiger charge is -2.12. The van der Waals surface area contributed by atoms with Crippen molar-refractivity contribution in [1.82, 2.24) is 14.5 Å². The summed E-state index contributed by atoms with van der Waals surface area (Å²) in [4.78, 5) is 31.9. The summed E-state index contributed by atoms with van der Waals surface area (Å²) in [7, 11) is 0. The van der Waals surface area contributed by atoms with Gasteiger partial charge in [0.15, 0.2) is 0 Å². The minimum Gasteiger partial charge on any atom is -0.297 e.